The Morgan fingerprint density at radius 3 is 2.64 bits per heavy atom. The van der Waals surface area contributed by atoms with Gasteiger partial charge in [0.1, 0.15) is 11.6 Å². The zero-order chi connectivity index (χ0) is 19.8. The second kappa shape index (κ2) is 9.90. The maximum absolute atomic E-state index is 5.51. The summed E-state index contributed by atoms with van der Waals surface area (Å²) in [6, 6.07) is 12.4. The van der Waals surface area contributed by atoms with Crippen LogP contribution in [-0.4, -0.2) is 27.7 Å². The highest BCUT2D eigenvalue weighted by Crippen LogP contribution is 2.24. The van der Waals surface area contributed by atoms with Gasteiger partial charge in [-0.1, -0.05) is 56.3 Å². The van der Waals surface area contributed by atoms with Crippen LogP contribution in [-0.2, 0) is 6.54 Å². The summed E-state index contributed by atoms with van der Waals surface area (Å²) < 4.78 is 1.89. The molecular formula is C22H30N6. The fourth-order valence-corrected chi connectivity index (χ4v) is 3.01. The predicted octanol–water partition coefficient (Wildman–Crippen LogP) is 4.17. The number of aromatic nitrogens is 3. The summed E-state index contributed by atoms with van der Waals surface area (Å²) in [5, 5.41) is 11.5. The van der Waals surface area contributed by atoms with Crippen LogP contribution in [0.15, 0.2) is 54.7 Å². The van der Waals surface area contributed by atoms with Crippen LogP contribution in [0.25, 0.3) is 5.65 Å². The Labute approximate surface area is 166 Å². The van der Waals surface area contributed by atoms with E-state index in [0.717, 1.165) is 48.8 Å². The van der Waals surface area contributed by atoms with E-state index in [-0.39, 0.29) is 0 Å². The third-order valence-corrected chi connectivity index (χ3v) is 4.55. The molecule has 2 aromatic heterocycles. The number of benzene rings is 1. The second-order valence-corrected chi connectivity index (χ2v) is 7.12. The molecule has 0 radical (unpaired) electrons. The molecule has 0 aliphatic heterocycles. The van der Waals surface area contributed by atoms with Gasteiger partial charge in [-0.05, 0) is 30.9 Å². The highest BCUT2D eigenvalue weighted by atomic mass is 15.3. The molecule has 0 saturated heterocycles. The van der Waals surface area contributed by atoms with Crippen LogP contribution in [0.2, 0.25) is 0 Å². The van der Waals surface area contributed by atoms with Crippen molar-refractivity contribution in [2.45, 2.75) is 39.2 Å². The Morgan fingerprint density at radius 1 is 1.11 bits per heavy atom. The maximum atomic E-state index is 5.51. The number of hydrogen-bond donors (Lipinski definition) is 3. The Bertz CT molecular complexity index is 898. The monoisotopic (exact) mass is 378 g/mol. The molecule has 4 N–H and O–H groups in total. The summed E-state index contributed by atoms with van der Waals surface area (Å²) in [6.45, 7) is 6.58. The lowest BCUT2D eigenvalue weighted by Gasteiger charge is -2.12. The molecule has 28 heavy (non-hydrogen) atoms. The summed E-state index contributed by atoms with van der Waals surface area (Å²) in [5.41, 5.74) is 8.78. The van der Waals surface area contributed by atoms with E-state index in [4.69, 9.17) is 10.7 Å². The van der Waals surface area contributed by atoms with Gasteiger partial charge in [-0.3, -0.25) is 0 Å². The zero-order valence-corrected chi connectivity index (χ0v) is 16.7. The molecule has 3 aromatic rings. The first-order valence-electron chi connectivity index (χ1n) is 9.94. The summed E-state index contributed by atoms with van der Waals surface area (Å²) >= 11 is 0. The average molecular weight is 379 g/mol. The number of nitrogens with zero attached hydrogens (tertiary/aromatic N) is 3. The zero-order valence-electron chi connectivity index (χ0n) is 16.7. The summed E-state index contributed by atoms with van der Waals surface area (Å²) in [4.78, 5) is 4.81. The largest absolute Gasteiger partial charge is 0.370 e. The molecule has 0 atom stereocenters. The first-order chi connectivity index (χ1) is 13.7. The third-order valence-electron chi connectivity index (χ3n) is 4.55. The van der Waals surface area contributed by atoms with E-state index < -0.39 is 0 Å². The average Bonchev–Trinajstić information content (AvgIpc) is 3.14. The molecule has 6 heteroatoms. The van der Waals surface area contributed by atoms with Crippen LogP contribution in [0.4, 0.5) is 11.6 Å². The molecule has 1 aromatic carbocycles. The van der Waals surface area contributed by atoms with E-state index in [1.165, 1.54) is 5.56 Å². The van der Waals surface area contributed by atoms with E-state index in [0.29, 0.717) is 12.5 Å². The number of hydrogen-bond acceptors (Lipinski definition) is 5. The lowest BCUT2D eigenvalue weighted by atomic mass is 10.1. The van der Waals surface area contributed by atoms with Crippen molar-refractivity contribution in [2.75, 3.05) is 23.7 Å². The smallest absolute Gasteiger partial charge is 0.163 e. The van der Waals surface area contributed by atoms with E-state index in [9.17, 15) is 0 Å². The van der Waals surface area contributed by atoms with E-state index in [2.05, 4.69) is 66.0 Å². The highest BCUT2D eigenvalue weighted by Gasteiger charge is 2.13. The number of nitrogens with two attached hydrogens (primary N) is 1. The third kappa shape index (κ3) is 5.10. The molecule has 0 unspecified atom stereocenters. The molecule has 3 rings (SSSR count). The fraction of sp³-hybridized carbons (Fsp3) is 0.364. The van der Waals surface area contributed by atoms with Gasteiger partial charge < -0.3 is 16.4 Å². The van der Waals surface area contributed by atoms with E-state index in [1.807, 2.05) is 22.8 Å². The van der Waals surface area contributed by atoms with Gasteiger partial charge in [0, 0.05) is 24.7 Å². The van der Waals surface area contributed by atoms with Gasteiger partial charge in [-0.25, -0.2) is 4.98 Å². The van der Waals surface area contributed by atoms with Crippen LogP contribution in [0.3, 0.4) is 0 Å². The molecule has 0 aliphatic rings. The van der Waals surface area contributed by atoms with E-state index in [1.54, 1.807) is 0 Å². The van der Waals surface area contributed by atoms with Crippen LogP contribution in [0, 0.1) is 0 Å². The summed E-state index contributed by atoms with van der Waals surface area (Å²) in [5.74, 6) is 2.15. The van der Waals surface area contributed by atoms with Crippen molar-refractivity contribution in [3.63, 3.8) is 0 Å². The van der Waals surface area contributed by atoms with Crippen molar-refractivity contribution in [2.24, 2.45) is 5.73 Å². The Hall–Kier alpha value is -2.86. The van der Waals surface area contributed by atoms with Gasteiger partial charge in [0.25, 0.3) is 0 Å². The molecule has 0 fully saturated rings. The van der Waals surface area contributed by atoms with Gasteiger partial charge in [0.15, 0.2) is 5.65 Å². The van der Waals surface area contributed by atoms with Gasteiger partial charge in [-0.2, -0.15) is 9.61 Å². The highest BCUT2D eigenvalue weighted by molar-refractivity contribution is 5.61. The van der Waals surface area contributed by atoms with Gasteiger partial charge >= 0.3 is 0 Å². The van der Waals surface area contributed by atoms with Crippen molar-refractivity contribution < 1.29 is 0 Å². The van der Waals surface area contributed by atoms with Crippen molar-refractivity contribution in [3.8, 4) is 0 Å². The second-order valence-electron chi connectivity index (χ2n) is 7.12. The van der Waals surface area contributed by atoms with E-state index >= 15 is 0 Å². The molecule has 0 amide bonds. The van der Waals surface area contributed by atoms with Crippen LogP contribution in [0.1, 0.15) is 43.7 Å². The molecule has 6 nitrogen and oxygen atoms in total. The Kier molecular flexibility index (Phi) is 7.03. The number of fused-ring (bicyclic) bond motifs is 1. The molecule has 0 spiro atoms. The lowest BCUT2D eigenvalue weighted by molar-refractivity contribution is 0.871. The topological polar surface area (TPSA) is 80.3 Å². The fourth-order valence-electron chi connectivity index (χ4n) is 3.01. The van der Waals surface area contributed by atoms with Gasteiger partial charge in [0.2, 0.25) is 0 Å². The van der Waals surface area contributed by atoms with Crippen molar-refractivity contribution >= 4 is 17.3 Å². The minimum atomic E-state index is 0.362. The number of nitrogens with one attached hydrogen (secondary N) is 2. The molecule has 148 valence electrons. The Morgan fingerprint density at radius 2 is 1.89 bits per heavy atom. The normalized spacial score (nSPS) is 11.6. The SMILES string of the molecule is CC(C)c1cnn2c(NCc3ccccc3)cc(NCC/C=C/CCN)nc12. The molecule has 0 bridgehead atoms. The Balaban J connectivity index is 1.79. The minimum Gasteiger partial charge on any atom is -0.370 e. The molecular weight excluding hydrogens is 348 g/mol. The molecule has 2 heterocycles. The van der Waals surface area contributed by atoms with Crippen LogP contribution >= 0.6 is 0 Å². The summed E-state index contributed by atoms with van der Waals surface area (Å²) in [7, 11) is 0. The molecule has 0 saturated carbocycles. The van der Waals surface area contributed by atoms with Crippen LogP contribution < -0.4 is 16.4 Å². The number of rotatable bonds is 10. The van der Waals surface area contributed by atoms with Crippen molar-refractivity contribution in [1.82, 2.24) is 14.6 Å². The van der Waals surface area contributed by atoms with Crippen molar-refractivity contribution in [3.05, 3.63) is 65.9 Å². The first-order valence-corrected chi connectivity index (χ1v) is 9.94. The quantitative estimate of drug-likeness (QED) is 0.364. The van der Waals surface area contributed by atoms with Crippen molar-refractivity contribution in [1.29, 1.82) is 0 Å². The van der Waals surface area contributed by atoms with Crippen LogP contribution in [0.5, 0.6) is 0 Å². The maximum Gasteiger partial charge on any atom is 0.163 e. The minimum absolute atomic E-state index is 0.362. The molecule has 0 aliphatic carbocycles. The lowest BCUT2D eigenvalue weighted by Crippen LogP contribution is -2.09. The van der Waals surface area contributed by atoms with Gasteiger partial charge in [-0.15, -0.1) is 0 Å². The predicted molar refractivity (Wildman–Crippen MR) is 117 cm³/mol. The summed E-state index contributed by atoms with van der Waals surface area (Å²) in [6.07, 6.45) is 8.06. The van der Waals surface area contributed by atoms with Gasteiger partial charge in [0.05, 0.1) is 6.20 Å². The standard InChI is InChI=1S/C22H30N6/c1-17(2)19-16-26-28-21(25-15-18-10-6-5-7-11-18)14-20(27-22(19)28)24-13-9-4-3-8-12-23/h3-7,10-11,14,16-17,25H,8-9,12-13,15,23H2,1-2H3,(H,24,27)/b4-3+. The number of anilines is 2. The first kappa shape index (κ1) is 19.9.